The highest BCUT2D eigenvalue weighted by Gasteiger charge is 2.21. The summed E-state index contributed by atoms with van der Waals surface area (Å²) in [6, 6.07) is 13.0. The lowest BCUT2D eigenvalue weighted by Crippen LogP contribution is -2.33. The fraction of sp³-hybridized carbons (Fsp3) is 0.304. The Morgan fingerprint density at radius 3 is 2.48 bits per heavy atom. The molecule has 0 bridgehead atoms. The van der Waals surface area contributed by atoms with E-state index in [4.69, 9.17) is 27.9 Å². The van der Waals surface area contributed by atoms with Crippen LogP contribution in [0, 0.1) is 0 Å². The Hall–Kier alpha value is -2.70. The van der Waals surface area contributed by atoms with Crippen LogP contribution in [0.4, 0.5) is 10.5 Å². The van der Waals surface area contributed by atoms with E-state index in [2.05, 4.69) is 5.32 Å². The summed E-state index contributed by atoms with van der Waals surface area (Å²) in [6.07, 6.45) is 1.43. The number of alkyl halides is 1. The number of ether oxygens (including phenoxy) is 1. The van der Waals surface area contributed by atoms with E-state index in [1.54, 1.807) is 17.9 Å². The van der Waals surface area contributed by atoms with Gasteiger partial charge in [-0.25, -0.2) is 4.79 Å². The summed E-state index contributed by atoms with van der Waals surface area (Å²) in [5, 5.41) is 3.49. The SMILES string of the molecule is CCN(CC)C(=O)Oc1ccc2c(ccn2Cc2ccccc2Cl)c1NC(=O)[C@H](C)Cl. The molecule has 2 aromatic carbocycles. The number of halogens is 2. The van der Waals surface area contributed by atoms with Crippen LogP contribution < -0.4 is 10.1 Å². The Kier molecular flexibility index (Phi) is 7.46. The van der Waals surface area contributed by atoms with Crippen LogP contribution in [-0.2, 0) is 11.3 Å². The first-order chi connectivity index (χ1) is 14.8. The van der Waals surface area contributed by atoms with Crippen LogP contribution in [0.1, 0.15) is 26.3 Å². The first-order valence-electron chi connectivity index (χ1n) is 10.1. The van der Waals surface area contributed by atoms with Crippen molar-refractivity contribution in [2.45, 2.75) is 32.7 Å². The Morgan fingerprint density at radius 2 is 1.84 bits per heavy atom. The second-order valence-electron chi connectivity index (χ2n) is 7.05. The molecule has 31 heavy (non-hydrogen) atoms. The maximum atomic E-state index is 12.5. The summed E-state index contributed by atoms with van der Waals surface area (Å²) in [6.45, 7) is 6.93. The number of amides is 2. The summed E-state index contributed by atoms with van der Waals surface area (Å²) in [5.74, 6) is -0.112. The quantitative estimate of drug-likeness (QED) is 0.455. The van der Waals surface area contributed by atoms with Gasteiger partial charge in [-0.15, -0.1) is 11.6 Å². The fourth-order valence-electron chi connectivity index (χ4n) is 3.28. The van der Waals surface area contributed by atoms with E-state index in [0.29, 0.717) is 30.3 Å². The molecule has 8 heteroatoms. The highest BCUT2D eigenvalue weighted by atomic mass is 35.5. The first kappa shape index (κ1) is 23.0. The van der Waals surface area contributed by atoms with Gasteiger partial charge in [-0.1, -0.05) is 29.8 Å². The molecule has 3 rings (SSSR count). The maximum absolute atomic E-state index is 12.5. The van der Waals surface area contributed by atoms with Crippen LogP contribution in [0.15, 0.2) is 48.7 Å². The predicted octanol–water partition coefficient (Wildman–Crippen LogP) is 5.75. The number of nitrogens with zero attached hydrogens (tertiary/aromatic N) is 2. The van der Waals surface area contributed by atoms with Crippen molar-refractivity contribution in [1.29, 1.82) is 0 Å². The minimum atomic E-state index is -0.744. The van der Waals surface area contributed by atoms with Crippen molar-refractivity contribution < 1.29 is 14.3 Å². The molecule has 0 aliphatic rings. The van der Waals surface area contributed by atoms with E-state index in [-0.39, 0.29) is 11.7 Å². The Labute approximate surface area is 191 Å². The number of carbonyl (C=O) groups is 2. The average Bonchev–Trinajstić information content (AvgIpc) is 3.15. The standard InChI is InChI=1S/C23H25Cl2N3O3/c1-4-27(5-2)23(30)31-20-11-10-19-17(21(20)26-22(29)15(3)24)12-13-28(19)14-16-8-6-7-9-18(16)25/h6-13,15H,4-5,14H2,1-3H3,(H,26,29)/t15-/m0/s1. The van der Waals surface area contributed by atoms with E-state index in [0.717, 1.165) is 16.5 Å². The van der Waals surface area contributed by atoms with Crippen molar-refractivity contribution in [3.8, 4) is 5.75 Å². The summed E-state index contributed by atoms with van der Waals surface area (Å²) in [5.41, 5.74) is 2.24. The molecular weight excluding hydrogens is 437 g/mol. The van der Waals surface area contributed by atoms with Crippen LogP contribution in [0.2, 0.25) is 5.02 Å². The van der Waals surface area contributed by atoms with Crippen LogP contribution in [0.25, 0.3) is 10.9 Å². The molecule has 0 saturated heterocycles. The highest BCUT2D eigenvalue weighted by molar-refractivity contribution is 6.32. The topological polar surface area (TPSA) is 63.6 Å². The molecule has 1 N–H and O–H groups in total. The zero-order valence-electron chi connectivity index (χ0n) is 17.7. The first-order valence-corrected chi connectivity index (χ1v) is 10.9. The number of benzene rings is 2. The van der Waals surface area contributed by atoms with Crippen LogP contribution in [0.5, 0.6) is 5.75 Å². The highest BCUT2D eigenvalue weighted by Crippen LogP contribution is 2.35. The summed E-state index contributed by atoms with van der Waals surface area (Å²) in [4.78, 5) is 26.4. The molecule has 0 fully saturated rings. The molecule has 164 valence electrons. The lowest BCUT2D eigenvalue weighted by Gasteiger charge is -2.20. The second kappa shape index (κ2) is 10.1. The van der Waals surface area contributed by atoms with Gasteiger partial charge in [0.25, 0.3) is 0 Å². The van der Waals surface area contributed by atoms with Gasteiger partial charge >= 0.3 is 6.09 Å². The number of anilines is 1. The Morgan fingerprint density at radius 1 is 1.13 bits per heavy atom. The molecule has 0 spiro atoms. The average molecular weight is 462 g/mol. The molecule has 2 amide bonds. The number of carbonyl (C=O) groups excluding carboxylic acids is 2. The minimum Gasteiger partial charge on any atom is -0.408 e. The van der Waals surface area contributed by atoms with Crippen molar-refractivity contribution in [3.63, 3.8) is 0 Å². The molecule has 0 aliphatic carbocycles. The van der Waals surface area contributed by atoms with Crippen molar-refractivity contribution in [2.75, 3.05) is 18.4 Å². The second-order valence-corrected chi connectivity index (χ2v) is 8.11. The van der Waals surface area contributed by atoms with Crippen LogP contribution in [0.3, 0.4) is 0 Å². The molecule has 0 saturated carbocycles. The van der Waals surface area contributed by atoms with Gasteiger partial charge in [0, 0.05) is 36.2 Å². The molecular formula is C23H25Cl2N3O3. The van der Waals surface area contributed by atoms with Gasteiger partial charge in [-0.05, 0) is 50.6 Å². The van der Waals surface area contributed by atoms with E-state index < -0.39 is 11.5 Å². The predicted molar refractivity (Wildman–Crippen MR) is 125 cm³/mol. The van der Waals surface area contributed by atoms with Crippen molar-refractivity contribution in [2.24, 2.45) is 0 Å². The number of hydrogen-bond acceptors (Lipinski definition) is 3. The zero-order valence-corrected chi connectivity index (χ0v) is 19.2. The monoisotopic (exact) mass is 461 g/mol. The van der Waals surface area contributed by atoms with Gasteiger partial charge in [0.1, 0.15) is 5.38 Å². The van der Waals surface area contributed by atoms with Crippen molar-refractivity contribution >= 4 is 51.8 Å². The molecule has 0 aliphatic heterocycles. The number of aromatic nitrogens is 1. The van der Waals surface area contributed by atoms with Crippen LogP contribution in [-0.4, -0.2) is 39.9 Å². The number of fused-ring (bicyclic) bond motifs is 1. The van der Waals surface area contributed by atoms with Crippen molar-refractivity contribution in [1.82, 2.24) is 9.47 Å². The third-order valence-corrected chi connectivity index (χ3v) is 5.61. The Bertz CT molecular complexity index is 1090. The molecule has 1 heterocycles. The maximum Gasteiger partial charge on any atom is 0.415 e. The number of rotatable bonds is 7. The van der Waals surface area contributed by atoms with E-state index >= 15 is 0 Å². The largest absolute Gasteiger partial charge is 0.415 e. The van der Waals surface area contributed by atoms with E-state index in [1.807, 2.05) is 61.0 Å². The molecule has 3 aromatic rings. The smallest absolute Gasteiger partial charge is 0.408 e. The molecule has 0 radical (unpaired) electrons. The third-order valence-electron chi connectivity index (χ3n) is 5.04. The van der Waals surface area contributed by atoms with Gasteiger partial charge in [-0.2, -0.15) is 0 Å². The molecule has 1 atom stereocenters. The van der Waals surface area contributed by atoms with Crippen molar-refractivity contribution in [3.05, 3.63) is 59.2 Å². The van der Waals surface area contributed by atoms with Gasteiger partial charge in [0.15, 0.2) is 5.75 Å². The number of nitrogens with one attached hydrogen (secondary N) is 1. The van der Waals surface area contributed by atoms with Gasteiger partial charge in [0.05, 0.1) is 11.2 Å². The summed E-state index contributed by atoms with van der Waals surface area (Å²) in [7, 11) is 0. The zero-order chi connectivity index (χ0) is 22.5. The fourth-order valence-corrected chi connectivity index (χ4v) is 3.53. The lowest BCUT2D eigenvalue weighted by atomic mass is 10.2. The Balaban J connectivity index is 2.03. The van der Waals surface area contributed by atoms with Gasteiger partial charge in [0.2, 0.25) is 5.91 Å². The minimum absolute atomic E-state index is 0.269. The van der Waals surface area contributed by atoms with Crippen LogP contribution >= 0.6 is 23.2 Å². The van der Waals surface area contributed by atoms with Gasteiger partial charge < -0.3 is 19.5 Å². The lowest BCUT2D eigenvalue weighted by molar-refractivity contribution is -0.115. The molecule has 1 aromatic heterocycles. The van der Waals surface area contributed by atoms with Gasteiger partial charge in [-0.3, -0.25) is 4.79 Å². The van der Waals surface area contributed by atoms with E-state index in [1.165, 1.54) is 0 Å². The molecule has 6 nitrogen and oxygen atoms in total. The number of hydrogen-bond donors (Lipinski definition) is 1. The summed E-state index contributed by atoms with van der Waals surface area (Å²) >= 11 is 12.3. The normalized spacial score (nSPS) is 11.9. The third kappa shape index (κ3) is 5.14. The summed E-state index contributed by atoms with van der Waals surface area (Å²) < 4.78 is 7.64. The van der Waals surface area contributed by atoms with E-state index in [9.17, 15) is 9.59 Å². The molecule has 0 unspecified atom stereocenters.